The van der Waals surface area contributed by atoms with Crippen molar-refractivity contribution < 1.29 is 12.8 Å². The molecule has 0 amide bonds. The molecule has 2 aromatic heterocycles. The van der Waals surface area contributed by atoms with Gasteiger partial charge in [-0.1, -0.05) is 19.1 Å². The molecule has 0 saturated carbocycles. The van der Waals surface area contributed by atoms with Gasteiger partial charge in [-0.25, -0.2) is 17.8 Å². The Morgan fingerprint density at radius 1 is 1.28 bits per heavy atom. The Balaban J connectivity index is 1.93. The molecule has 0 aliphatic rings. The van der Waals surface area contributed by atoms with Gasteiger partial charge in [-0.3, -0.25) is 4.72 Å². The summed E-state index contributed by atoms with van der Waals surface area (Å²) in [6.07, 6.45) is 4.40. The van der Waals surface area contributed by atoms with Gasteiger partial charge >= 0.3 is 0 Å². The number of nitrogens with one attached hydrogen (secondary N) is 2. The van der Waals surface area contributed by atoms with Crippen molar-refractivity contribution >= 4 is 26.7 Å². The number of pyridine rings is 1. The minimum absolute atomic E-state index is 0.0138. The van der Waals surface area contributed by atoms with Crippen LogP contribution in [0.25, 0.3) is 11.0 Å². The molecular weight excluding hydrogens is 341 g/mol. The first kappa shape index (κ1) is 17.4. The van der Waals surface area contributed by atoms with Gasteiger partial charge in [0.05, 0.1) is 11.4 Å². The van der Waals surface area contributed by atoms with E-state index < -0.39 is 15.8 Å². The minimum atomic E-state index is -3.53. The molecule has 0 aliphatic heterocycles. The summed E-state index contributed by atoms with van der Waals surface area (Å²) < 4.78 is 40.9. The van der Waals surface area contributed by atoms with Gasteiger partial charge in [-0.2, -0.15) is 0 Å². The van der Waals surface area contributed by atoms with Crippen molar-refractivity contribution in [2.24, 2.45) is 0 Å². The van der Waals surface area contributed by atoms with Crippen LogP contribution >= 0.6 is 0 Å². The average molecular weight is 361 g/mol. The van der Waals surface area contributed by atoms with Crippen LogP contribution in [0.5, 0.6) is 0 Å². The number of anilines is 1. The van der Waals surface area contributed by atoms with E-state index in [-0.39, 0.29) is 11.4 Å². The highest BCUT2D eigenvalue weighted by Gasteiger charge is 2.16. The number of aromatic amines is 1. The molecule has 3 rings (SSSR count). The second-order valence-electron chi connectivity index (χ2n) is 6.10. The van der Waals surface area contributed by atoms with E-state index in [2.05, 4.69) is 14.7 Å². The zero-order chi connectivity index (χ0) is 18.0. The van der Waals surface area contributed by atoms with Crippen molar-refractivity contribution in [2.75, 3.05) is 10.5 Å². The topological polar surface area (TPSA) is 74.8 Å². The molecule has 0 unspecified atom stereocenters. The van der Waals surface area contributed by atoms with E-state index in [4.69, 9.17) is 0 Å². The largest absolute Gasteiger partial charge is 0.346 e. The van der Waals surface area contributed by atoms with Crippen molar-refractivity contribution in [2.45, 2.75) is 26.7 Å². The predicted octanol–water partition coefficient (Wildman–Crippen LogP) is 3.75. The molecule has 0 radical (unpaired) electrons. The average Bonchev–Trinajstić information content (AvgIpc) is 2.93. The highest BCUT2D eigenvalue weighted by atomic mass is 32.2. The molecule has 0 fully saturated rings. The Hall–Kier alpha value is -2.41. The molecule has 0 atom stereocenters. The number of sulfonamides is 1. The van der Waals surface area contributed by atoms with E-state index >= 15 is 0 Å². The summed E-state index contributed by atoms with van der Waals surface area (Å²) in [5.74, 6) is -0.582. The molecule has 132 valence electrons. The molecule has 2 N–H and O–H groups in total. The second kappa shape index (κ2) is 6.84. The van der Waals surface area contributed by atoms with Crippen molar-refractivity contribution in [3.63, 3.8) is 0 Å². The molecule has 0 spiro atoms. The van der Waals surface area contributed by atoms with Crippen LogP contribution in [-0.2, 0) is 16.4 Å². The number of rotatable bonds is 6. The normalized spacial score (nSPS) is 11.8. The third kappa shape index (κ3) is 3.82. The van der Waals surface area contributed by atoms with Crippen LogP contribution < -0.4 is 4.72 Å². The maximum Gasteiger partial charge on any atom is 0.232 e. The van der Waals surface area contributed by atoms with Crippen molar-refractivity contribution in [3.05, 3.63) is 59.2 Å². The zero-order valence-electron chi connectivity index (χ0n) is 14.1. The van der Waals surface area contributed by atoms with Crippen molar-refractivity contribution in [3.8, 4) is 0 Å². The van der Waals surface area contributed by atoms with E-state index in [1.54, 1.807) is 25.3 Å². The SMILES string of the molecule is CCCS(=O)(=O)Nc1cccc(Cc2c[nH]c3ncc(C)cc23)c1F. The van der Waals surface area contributed by atoms with Gasteiger partial charge in [-0.05, 0) is 42.2 Å². The van der Waals surface area contributed by atoms with E-state index in [1.165, 1.54) is 6.07 Å². The van der Waals surface area contributed by atoms with Gasteiger partial charge in [0.15, 0.2) is 5.82 Å². The van der Waals surface area contributed by atoms with Gasteiger partial charge in [-0.15, -0.1) is 0 Å². The van der Waals surface area contributed by atoms with Crippen LogP contribution in [0.3, 0.4) is 0 Å². The van der Waals surface area contributed by atoms with Gasteiger partial charge in [0.1, 0.15) is 5.65 Å². The monoisotopic (exact) mass is 361 g/mol. The number of hydrogen-bond acceptors (Lipinski definition) is 3. The van der Waals surface area contributed by atoms with E-state index in [0.29, 0.717) is 18.4 Å². The molecule has 0 aliphatic carbocycles. The Kier molecular flexibility index (Phi) is 4.76. The molecule has 0 saturated heterocycles. The zero-order valence-corrected chi connectivity index (χ0v) is 15.0. The maximum absolute atomic E-state index is 14.8. The quantitative estimate of drug-likeness (QED) is 0.702. The standard InChI is InChI=1S/C18H20FN3O2S/c1-3-7-25(23,24)22-16-6-4-5-13(17(16)19)9-14-11-21-18-15(14)8-12(2)10-20-18/h4-6,8,10-11,22H,3,7,9H2,1-2H3,(H,20,21). The number of nitrogens with zero attached hydrogens (tertiary/aromatic N) is 1. The van der Waals surface area contributed by atoms with Gasteiger partial charge < -0.3 is 4.98 Å². The molecule has 1 aromatic carbocycles. The third-order valence-corrected chi connectivity index (χ3v) is 5.43. The molecule has 5 nitrogen and oxygen atoms in total. The highest BCUT2D eigenvalue weighted by Crippen LogP contribution is 2.25. The first-order valence-corrected chi connectivity index (χ1v) is 9.75. The van der Waals surface area contributed by atoms with Gasteiger partial charge in [0.2, 0.25) is 10.0 Å². The third-order valence-electron chi connectivity index (χ3n) is 3.95. The Bertz CT molecular complexity index is 1010. The molecule has 3 aromatic rings. The number of fused-ring (bicyclic) bond motifs is 1. The van der Waals surface area contributed by atoms with Crippen LogP contribution in [0.1, 0.15) is 30.0 Å². The Labute approximate surface area is 146 Å². The lowest BCUT2D eigenvalue weighted by Crippen LogP contribution is -2.17. The van der Waals surface area contributed by atoms with Crippen LogP contribution in [0.2, 0.25) is 0 Å². The fourth-order valence-corrected chi connectivity index (χ4v) is 3.93. The van der Waals surface area contributed by atoms with Gasteiger partial charge in [0.25, 0.3) is 0 Å². The smallest absolute Gasteiger partial charge is 0.232 e. The lowest BCUT2D eigenvalue weighted by atomic mass is 10.0. The molecule has 7 heteroatoms. The Morgan fingerprint density at radius 3 is 2.84 bits per heavy atom. The van der Waals surface area contributed by atoms with E-state index in [9.17, 15) is 12.8 Å². The summed E-state index contributed by atoms with van der Waals surface area (Å²) in [6.45, 7) is 3.71. The van der Waals surface area contributed by atoms with Gasteiger partial charge in [0, 0.05) is 24.2 Å². The van der Waals surface area contributed by atoms with E-state index in [1.807, 2.05) is 19.2 Å². The summed E-state index contributed by atoms with van der Waals surface area (Å²) in [5.41, 5.74) is 3.11. The Morgan fingerprint density at radius 2 is 2.08 bits per heavy atom. The maximum atomic E-state index is 14.8. The number of benzene rings is 1. The van der Waals surface area contributed by atoms with E-state index in [0.717, 1.165) is 22.2 Å². The second-order valence-corrected chi connectivity index (χ2v) is 7.94. The fourth-order valence-electron chi connectivity index (χ4n) is 2.80. The summed E-state index contributed by atoms with van der Waals surface area (Å²) in [5, 5.41) is 0.941. The molecular formula is C18H20FN3O2S. The molecule has 2 heterocycles. The minimum Gasteiger partial charge on any atom is -0.346 e. The number of H-pyrrole nitrogens is 1. The number of aryl methyl sites for hydroxylation is 1. The summed E-state index contributed by atoms with van der Waals surface area (Å²) >= 11 is 0. The van der Waals surface area contributed by atoms with Crippen molar-refractivity contribution in [1.29, 1.82) is 0 Å². The number of hydrogen-bond donors (Lipinski definition) is 2. The molecule has 0 bridgehead atoms. The first-order chi connectivity index (χ1) is 11.9. The number of aromatic nitrogens is 2. The predicted molar refractivity (Wildman–Crippen MR) is 97.7 cm³/mol. The summed E-state index contributed by atoms with van der Waals surface area (Å²) in [7, 11) is -3.53. The fraction of sp³-hybridized carbons (Fsp3) is 0.278. The number of halogens is 1. The molecule has 25 heavy (non-hydrogen) atoms. The van der Waals surface area contributed by atoms with Crippen LogP contribution in [0, 0.1) is 12.7 Å². The first-order valence-electron chi connectivity index (χ1n) is 8.10. The highest BCUT2D eigenvalue weighted by molar-refractivity contribution is 7.92. The van der Waals surface area contributed by atoms with Crippen LogP contribution in [0.15, 0.2) is 36.7 Å². The van der Waals surface area contributed by atoms with Crippen molar-refractivity contribution in [1.82, 2.24) is 9.97 Å². The summed E-state index contributed by atoms with van der Waals surface area (Å²) in [4.78, 5) is 7.39. The summed E-state index contributed by atoms with van der Waals surface area (Å²) in [6, 6.07) is 6.75. The lowest BCUT2D eigenvalue weighted by molar-refractivity contribution is 0.596. The lowest BCUT2D eigenvalue weighted by Gasteiger charge is -2.11. The van der Waals surface area contributed by atoms with Crippen LogP contribution in [-0.4, -0.2) is 24.1 Å². The van der Waals surface area contributed by atoms with Crippen LogP contribution in [0.4, 0.5) is 10.1 Å².